The Morgan fingerprint density at radius 3 is 2.70 bits per heavy atom. The van der Waals surface area contributed by atoms with Gasteiger partial charge in [0.15, 0.2) is 10.6 Å². The van der Waals surface area contributed by atoms with Gasteiger partial charge >= 0.3 is 5.97 Å². The van der Waals surface area contributed by atoms with E-state index < -0.39 is 17.6 Å². The Kier molecular flexibility index (Phi) is 7.75. The highest BCUT2D eigenvalue weighted by Gasteiger charge is 2.16. The number of carbonyl (C=O) groups is 2. The van der Waals surface area contributed by atoms with Crippen LogP contribution in [0.15, 0.2) is 47.5 Å². The predicted molar refractivity (Wildman–Crippen MR) is 114 cm³/mol. The third-order valence-corrected chi connectivity index (χ3v) is 6.36. The number of carbonyl (C=O) groups excluding carboxylic acids is 2. The molecule has 3 rings (SSSR count). The number of aromatic nitrogens is 1. The number of hydrogen-bond donors (Lipinski definition) is 0. The molecule has 0 atom stereocenters. The average molecular weight is 451 g/mol. The van der Waals surface area contributed by atoms with Crippen LogP contribution in [0.3, 0.4) is 0 Å². The lowest BCUT2D eigenvalue weighted by atomic mass is 10.2. The number of benzene rings is 2. The highest BCUT2D eigenvalue weighted by Crippen LogP contribution is 2.22. The van der Waals surface area contributed by atoms with Crippen LogP contribution in [0.5, 0.6) is 0 Å². The van der Waals surface area contributed by atoms with E-state index in [1.54, 1.807) is 11.8 Å². The fraction of sp³-hybridized carbons (Fsp3) is 0.286. The van der Waals surface area contributed by atoms with Crippen molar-refractivity contribution in [2.45, 2.75) is 25.1 Å². The summed E-state index contributed by atoms with van der Waals surface area (Å²) in [6.45, 7) is -0.321. The average Bonchev–Trinajstić information content (AvgIpc) is 3.05. The quantitative estimate of drug-likeness (QED) is 0.379. The minimum Gasteiger partial charge on any atom is -0.468 e. The zero-order chi connectivity index (χ0) is 21.5. The van der Waals surface area contributed by atoms with Crippen molar-refractivity contribution in [2.24, 2.45) is 4.99 Å². The zero-order valence-corrected chi connectivity index (χ0v) is 17.9. The van der Waals surface area contributed by atoms with Crippen molar-refractivity contribution in [1.29, 1.82) is 0 Å². The molecule has 0 unspecified atom stereocenters. The number of rotatable bonds is 8. The van der Waals surface area contributed by atoms with E-state index in [4.69, 9.17) is 0 Å². The molecule has 5 nitrogen and oxygen atoms in total. The smallest absolute Gasteiger partial charge is 0.325 e. The van der Waals surface area contributed by atoms with Crippen molar-refractivity contribution < 1.29 is 23.1 Å². The predicted octanol–water partition coefficient (Wildman–Crippen LogP) is 4.29. The summed E-state index contributed by atoms with van der Waals surface area (Å²) in [6, 6.07) is 11.9. The van der Waals surface area contributed by atoms with E-state index in [1.807, 2.05) is 18.2 Å². The van der Waals surface area contributed by atoms with Gasteiger partial charge in [0.05, 0.1) is 17.3 Å². The summed E-state index contributed by atoms with van der Waals surface area (Å²) in [4.78, 5) is 28.2. The molecule has 0 aliphatic heterocycles. The number of thioether (sulfide) groups is 1. The molecule has 158 valence electrons. The van der Waals surface area contributed by atoms with Crippen molar-refractivity contribution >= 4 is 45.2 Å². The summed E-state index contributed by atoms with van der Waals surface area (Å²) < 4.78 is 34.0. The van der Waals surface area contributed by atoms with Crippen LogP contribution in [0, 0.1) is 11.6 Å². The number of ether oxygens (including phenoxy) is 1. The molecular formula is C21H20F2N2O3S2. The van der Waals surface area contributed by atoms with Gasteiger partial charge < -0.3 is 9.30 Å². The Hall–Kier alpha value is -2.52. The van der Waals surface area contributed by atoms with Crippen LogP contribution in [0.2, 0.25) is 0 Å². The van der Waals surface area contributed by atoms with Crippen molar-refractivity contribution in [1.82, 2.24) is 4.57 Å². The van der Waals surface area contributed by atoms with Crippen LogP contribution in [0.1, 0.15) is 18.4 Å². The van der Waals surface area contributed by atoms with Gasteiger partial charge in [0.1, 0.15) is 12.4 Å². The van der Waals surface area contributed by atoms with Crippen molar-refractivity contribution in [3.8, 4) is 0 Å². The molecule has 9 heteroatoms. The van der Waals surface area contributed by atoms with E-state index in [-0.39, 0.29) is 33.9 Å². The van der Waals surface area contributed by atoms with E-state index in [1.165, 1.54) is 17.2 Å². The molecule has 0 saturated carbocycles. The van der Waals surface area contributed by atoms with Gasteiger partial charge in [-0.05, 0) is 23.8 Å². The highest BCUT2D eigenvalue weighted by atomic mass is 32.2. The molecule has 0 radical (unpaired) electrons. The Morgan fingerprint density at radius 2 is 1.97 bits per heavy atom. The number of methoxy groups -OCH3 is 1. The summed E-state index contributed by atoms with van der Waals surface area (Å²) >= 11 is 2.68. The standard InChI is InChI=1S/C21H20F2N2O3S2/c1-28-19(27)12-25-20-16(23)10-15(22)11-17(20)30-21(25)24-18(26)8-5-9-29-13-14-6-3-2-4-7-14/h2-4,6-7,10-11H,5,8-9,12-13H2,1H3. The summed E-state index contributed by atoms with van der Waals surface area (Å²) in [6.07, 6.45) is 0.871. The largest absolute Gasteiger partial charge is 0.468 e. The maximum atomic E-state index is 14.3. The van der Waals surface area contributed by atoms with Gasteiger partial charge in [-0.15, -0.1) is 0 Å². The number of halogens is 2. The third-order valence-electron chi connectivity index (χ3n) is 4.22. The summed E-state index contributed by atoms with van der Waals surface area (Å²) in [7, 11) is 1.21. The molecule has 0 saturated heterocycles. The van der Waals surface area contributed by atoms with Crippen molar-refractivity contribution in [3.05, 3.63) is 64.5 Å². The van der Waals surface area contributed by atoms with Gasteiger partial charge in [0.25, 0.3) is 0 Å². The zero-order valence-electron chi connectivity index (χ0n) is 16.3. The molecule has 0 spiro atoms. The normalized spacial score (nSPS) is 11.8. The van der Waals surface area contributed by atoms with E-state index in [2.05, 4.69) is 21.9 Å². The minimum atomic E-state index is -0.823. The van der Waals surface area contributed by atoms with Gasteiger partial charge in [-0.3, -0.25) is 9.59 Å². The number of thiazole rings is 1. The fourth-order valence-corrected chi connectivity index (χ4v) is 4.81. The molecule has 1 amide bonds. The van der Waals surface area contributed by atoms with E-state index in [0.717, 1.165) is 35.0 Å². The topological polar surface area (TPSA) is 60.7 Å². The first-order valence-corrected chi connectivity index (χ1v) is 11.2. The molecule has 0 aliphatic carbocycles. The highest BCUT2D eigenvalue weighted by molar-refractivity contribution is 7.98. The molecule has 30 heavy (non-hydrogen) atoms. The second-order valence-electron chi connectivity index (χ2n) is 6.43. The fourth-order valence-electron chi connectivity index (χ4n) is 2.81. The molecule has 2 aromatic carbocycles. The second kappa shape index (κ2) is 10.5. The Balaban J connectivity index is 1.70. The molecule has 0 bridgehead atoms. The number of nitrogens with zero attached hydrogens (tertiary/aromatic N) is 2. The van der Waals surface area contributed by atoms with Gasteiger partial charge in [-0.25, -0.2) is 8.78 Å². The first kappa shape index (κ1) is 22.2. The van der Waals surface area contributed by atoms with Crippen molar-refractivity contribution in [3.63, 3.8) is 0 Å². The number of fused-ring (bicyclic) bond motifs is 1. The van der Waals surface area contributed by atoms with Gasteiger partial charge in [-0.1, -0.05) is 41.7 Å². The van der Waals surface area contributed by atoms with Crippen LogP contribution in [-0.2, 0) is 26.6 Å². The SMILES string of the molecule is COC(=O)Cn1c(=NC(=O)CCCSCc2ccccc2)sc2cc(F)cc(F)c21. The molecule has 0 fully saturated rings. The van der Waals surface area contributed by atoms with Crippen LogP contribution in [0.4, 0.5) is 8.78 Å². The first-order valence-electron chi connectivity index (χ1n) is 9.22. The van der Waals surface area contributed by atoms with Crippen LogP contribution < -0.4 is 4.80 Å². The van der Waals surface area contributed by atoms with Gasteiger partial charge in [-0.2, -0.15) is 16.8 Å². The monoisotopic (exact) mass is 450 g/mol. The summed E-state index contributed by atoms with van der Waals surface area (Å²) in [5, 5.41) is 0. The first-order chi connectivity index (χ1) is 14.5. The molecule has 0 aliphatic rings. The molecular weight excluding hydrogens is 430 g/mol. The number of hydrogen-bond acceptors (Lipinski definition) is 5. The lowest BCUT2D eigenvalue weighted by Crippen LogP contribution is -2.22. The Morgan fingerprint density at radius 1 is 1.20 bits per heavy atom. The second-order valence-corrected chi connectivity index (χ2v) is 8.54. The molecule has 1 aromatic heterocycles. The molecule has 1 heterocycles. The van der Waals surface area contributed by atoms with Gasteiger partial charge in [0, 0.05) is 18.2 Å². The summed E-state index contributed by atoms with van der Waals surface area (Å²) in [5.74, 6) is -0.890. The van der Waals surface area contributed by atoms with Gasteiger partial charge in [0.2, 0.25) is 5.91 Å². The van der Waals surface area contributed by atoms with Crippen LogP contribution >= 0.6 is 23.1 Å². The van der Waals surface area contributed by atoms with E-state index in [0.29, 0.717) is 6.42 Å². The molecule has 0 N–H and O–H groups in total. The minimum absolute atomic E-state index is 0.0248. The number of esters is 1. The summed E-state index contributed by atoms with van der Waals surface area (Å²) in [5.41, 5.74) is 1.25. The maximum Gasteiger partial charge on any atom is 0.325 e. The lowest BCUT2D eigenvalue weighted by molar-refractivity contribution is -0.141. The van der Waals surface area contributed by atoms with E-state index in [9.17, 15) is 18.4 Å². The van der Waals surface area contributed by atoms with Crippen molar-refractivity contribution in [2.75, 3.05) is 12.9 Å². The Labute approximate surface area is 180 Å². The maximum absolute atomic E-state index is 14.3. The molecule has 3 aromatic rings. The van der Waals surface area contributed by atoms with Crippen LogP contribution in [-0.4, -0.2) is 29.3 Å². The van der Waals surface area contributed by atoms with E-state index >= 15 is 0 Å². The Bertz CT molecular complexity index is 1110. The van der Waals surface area contributed by atoms with Crippen LogP contribution in [0.25, 0.3) is 10.2 Å². The lowest BCUT2D eigenvalue weighted by Gasteiger charge is -2.04. The number of amides is 1. The third kappa shape index (κ3) is 5.76.